The molecule has 20 heavy (non-hydrogen) atoms. The highest BCUT2D eigenvalue weighted by molar-refractivity contribution is 5.60. The number of nitrogens with zero attached hydrogens (tertiary/aromatic N) is 2. The van der Waals surface area contributed by atoms with Crippen LogP contribution in [0.15, 0.2) is 22.7 Å². The van der Waals surface area contributed by atoms with E-state index in [0.717, 1.165) is 5.56 Å². The van der Waals surface area contributed by atoms with E-state index in [1.54, 1.807) is 26.4 Å². The SMILES string of the molecule is CCC(O)Cc1nc(-c2ccc(OC)c(OC)c2)no1. The topological polar surface area (TPSA) is 77.6 Å². The maximum Gasteiger partial charge on any atom is 0.229 e. The molecule has 2 aromatic rings. The Morgan fingerprint density at radius 2 is 2.00 bits per heavy atom. The minimum Gasteiger partial charge on any atom is -0.493 e. The van der Waals surface area contributed by atoms with E-state index in [1.165, 1.54) is 0 Å². The van der Waals surface area contributed by atoms with Crippen LogP contribution in [0.1, 0.15) is 19.2 Å². The lowest BCUT2D eigenvalue weighted by molar-refractivity contribution is 0.158. The molecule has 0 bridgehead atoms. The minimum absolute atomic E-state index is 0.358. The molecule has 6 heteroatoms. The molecule has 0 saturated heterocycles. The number of aromatic nitrogens is 2. The summed E-state index contributed by atoms with van der Waals surface area (Å²) in [5.74, 6) is 2.12. The van der Waals surface area contributed by atoms with Gasteiger partial charge in [-0.1, -0.05) is 12.1 Å². The average Bonchev–Trinajstić information content (AvgIpc) is 2.94. The molecule has 0 aliphatic heterocycles. The number of methoxy groups -OCH3 is 2. The first-order valence-electron chi connectivity index (χ1n) is 6.41. The third-order valence-electron chi connectivity index (χ3n) is 2.99. The molecule has 1 heterocycles. The van der Waals surface area contributed by atoms with Gasteiger partial charge >= 0.3 is 0 Å². The van der Waals surface area contributed by atoms with Crippen LogP contribution in [0, 0.1) is 0 Å². The number of rotatable bonds is 6. The van der Waals surface area contributed by atoms with Gasteiger partial charge in [0.15, 0.2) is 11.5 Å². The van der Waals surface area contributed by atoms with Gasteiger partial charge in [-0.15, -0.1) is 0 Å². The number of ether oxygens (including phenoxy) is 2. The first-order chi connectivity index (χ1) is 9.67. The van der Waals surface area contributed by atoms with Crippen LogP contribution in [0.5, 0.6) is 11.5 Å². The Morgan fingerprint density at radius 1 is 1.25 bits per heavy atom. The molecule has 0 spiro atoms. The third-order valence-corrected chi connectivity index (χ3v) is 2.99. The van der Waals surface area contributed by atoms with E-state index in [4.69, 9.17) is 14.0 Å². The maximum atomic E-state index is 9.58. The number of aliphatic hydroxyl groups excluding tert-OH is 1. The molecule has 108 valence electrons. The summed E-state index contributed by atoms with van der Waals surface area (Å²) >= 11 is 0. The smallest absolute Gasteiger partial charge is 0.229 e. The summed E-state index contributed by atoms with van der Waals surface area (Å²) in [6, 6.07) is 5.39. The zero-order valence-corrected chi connectivity index (χ0v) is 11.8. The van der Waals surface area contributed by atoms with E-state index < -0.39 is 6.10 Å². The van der Waals surface area contributed by atoms with Crippen molar-refractivity contribution in [1.82, 2.24) is 10.1 Å². The minimum atomic E-state index is -0.464. The fourth-order valence-electron chi connectivity index (χ4n) is 1.78. The van der Waals surface area contributed by atoms with E-state index in [1.807, 2.05) is 13.0 Å². The van der Waals surface area contributed by atoms with Crippen molar-refractivity contribution in [1.29, 1.82) is 0 Å². The number of hydrogen-bond donors (Lipinski definition) is 1. The van der Waals surface area contributed by atoms with Crippen LogP contribution in [0.25, 0.3) is 11.4 Å². The van der Waals surface area contributed by atoms with Crippen LogP contribution in [0.2, 0.25) is 0 Å². The molecule has 2 rings (SSSR count). The molecule has 1 aromatic carbocycles. The summed E-state index contributed by atoms with van der Waals surface area (Å²) in [5, 5.41) is 13.5. The van der Waals surface area contributed by atoms with E-state index in [2.05, 4.69) is 10.1 Å². The molecule has 0 aliphatic carbocycles. The van der Waals surface area contributed by atoms with Crippen molar-refractivity contribution in [3.8, 4) is 22.9 Å². The molecule has 1 N–H and O–H groups in total. The van der Waals surface area contributed by atoms with Gasteiger partial charge in [0, 0.05) is 5.56 Å². The predicted molar refractivity (Wildman–Crippen MR) is 72.8 cm³/mol. The molecule has 0 saturated carbocycles. The van der Waals surface area contributed by atoms with Gasteiger partial charge in [0.1, 0.15) is 0 Å². The van der Waals surface area contributed by atoms with Gasteiger partial charge in [0.2, 0.25) is 11.7 Å². The highest BCUT2D eigenvalue weighted by Gasteiger charge is 2.14. The second kappa shape index (κ2) is 6.38. The van der Waals surface area contributed by atoms with Crippen molar-refractivity contribution in [2.24, 2.45) is 0 Å². The number of benzene rings is 1. The second-order valence-corrected chi connectivity index (χ2v) is 4.35. The molecule has 6 nitrogen and oxygen atoms in total. The van der Waals surface area contributed by atoms with Crippen LogP contribution in [-0.4, -0.2) is 35.6 Å². The first kappa shape index (κ1) is 14.3. The van der Waals surface area contributed by atoms with Crippen LogP contribution in [0.4, 0.5) is 0 Å². The zero-order valence-electron chi connectivity index (χ0n) is 11.8. The number of hydrogen-bond acceptors (Lipinski definition) is 6. The Hall–Kier alpha value is -2.08. The van der Waals surface area contributed by atoms with Gasteiger partial charge in [-0.3, -0.25) is 0 Å². The van der Waals surface area contributed by atoms with Gasteiger partial charge in [-0.25, -0.2) is 0 Å². The van der Waals surface area contributed by atoms with Crippen molar-refractivity contribution >= 4 is 0 Å². The van der Waals surface area contributed by atoms with Crippen molar-refractivity contribution in [2.45, 2.75) is 25.9 Å². The van der Waals surface area contributed by atoms with Gasteiger partial charge in [-0.05, 0) is 24.6 Å². The fraction of sp³-hybridized carbons (Fsp3) is 0.429. The molecule has 1 unspecified atom stereocenters. The summed E-state index contributed by atoms with van der Waals surface area (Å²) in [7, 11) is 3.15. The second-order valence-electron chi connectivity index (χ2n) is 4.35. The lowest BCUT2D eigenvalue weighted by atomic mass is 10.2. The fourth-order valence-corrected chi connectivity index (χ4v) is 1.78. The summed E-state index contributed by atoms with van der Waals surface area (Å²) in [5.41, 5.74) is 0.767. The molecule has 0 aliphatic rings. The van der Waals surface area contributed by atoms with Crippen molar-refractivity contribution in [3.05, 3.63) is 24.1 Å². The van der Waals surface area contributed by atoms with Crippen molar-refractivity contribution in [2.75, 3.05) is 14.2 Å². The average molecular weight is 278 g/mol. The summed E-state index contributed by atoms with van der Waals surface area (Å²) < 4.78 is 15.5. The highest BCUT2D eigenvalue weighted by Crippen LogP contribution is 2.31. The maximum absolute atomic E-state index is 9.58. The van der Waals surface area contributed by atoms with Crippen LogP contribution < -0.4 is 9.47 Å². The highest BCUT2D eigenvalue weighted by atomic mass is 16.5. The van der Waals surface area contributed by atoms with Gasteiger partial charge < -0.3 is 19.1 Å². The molecule has 1 atom stereocenters. The summed E-state index contributed by atoms with van der Waals surface area (Å²) in [6.45, 7) is 1.90. The van der Waals surface area contributed by atoms with E-state index in [0.29, 0.717) is 36.1 Å². The molecular formula is C14H18N2O4. The molecule has 1 aromatic heterocycles. The predicted octanol–water partition coefficient (Wildman–Crippen LogP) is 2.07. The van der Waals surface area contributed by atoms with Crippen LogP contribution in [-0.2, 0) is 6.42 Å². The molecular weight excluding hydrogens is 260 g/mol. The summed E-state index contributed by atoms with van der Waals surface area (Å²) in [6.07, 6.45) is 0.541. The monoisotopic (exact) mass is 278 g/mol. The normalized spacial score (nSPS) is 12.2. The van der Waals surface area contributed by atoms with Crippen LogP contribution >= 0.6 is 0 Å². The third kappa shape index (κ3) is 3.08. The Labute approximate surface area is 117 Å². The number of aliphatic hydroxyl groups is 1. The lowest BCUT2D eigenvalue weighted by Gasteiger charge is -2.07. The van der Waals surface area contributed by atoms with Gasteiger partial charge in [0.05, 0.1) is 26.7 Å². The van der Waals surface area contributed by atoms with Gasteiger partial charge in [0.25, 0.3) is 0 Å². The zero-order chi connectivity index (χ0) is 14.5. The first-order valence-corrected chi connectivity index (χ1v) is 6.41. The Kier molecular flexibility index (Phi) is 4.57. The Balaban J connectivity index is 2.23. The molecule has 0 radical (unpaired) electrons. The molecule has 0 fully saturated rings. The van der Waals surface area contributed by atoms with Gasteiger partial charge in [-0.2, -0.15) is 4.98 Å². The largest absolute Gasteiger partial charge is 0.493 e. The van der Waals surface area contributed by atoms with Crippen molar-refractivity contribution < 1.29 is 19.1 Å². The van der Waals surface area contributed by atoms with E-state index in [-0.39, 0.29) is 0 Å². The lowest BCUT2D eigenvalue weighted by Crippen LogP contribution is -2.08. The van der Waals surface area contributed by atoms with E-state index in [9.17, 15) is 5.11 Å². The van der Waals surface area contributed by atoms with Crippen LogP contribution in [0.3, 0.4) is 0 Å². The standard InChI is InChI=1S/C14H18N2O4/c1-4-10(17)8-13-15-14(16-20-13)9-5-6-11(18-2)12(7-9)19-3/h5-7,10,17H,4,8H2,1-3H3. The Morgan fingerprint density at radius 3 is 2.65 bits per heavy atom. The Bertz CT molecular complexity index is 568. The van der Waals surface area contributed by atoms with Crippen molar-refractivity contribution in [3.63, 3.8) is 0 Å². The quantitative estimate of drug-likeness (QED) is 0.871. The summed E-state index contributed by atoms with van der Waals surface area (Å²) in [4.78, 5) is 4.27. The molecule has 0 amide bonds. The van der Waals surface area contributed by atoms with E-state index >= 15 is 0 Å².